The van der Waals surface area contributed by atoms with Crippen LogP contribution in [0.4, 0.5) is 11.5 Å². The predicted octanol–water partition coefficient (Wildman–Crippen LogP) is 2.89. The van der Waals surface area contributed by atoms with Gasteiger partial charge in [-0.1, -0.05) is 29.7 Å². The highest BCUT2D eigenvalue weighted by Crippen LogP contribution is 2.25. The summed E-state index contributed by atoms with van der Waals surface area (Å²) in [5.41, 5.74) is 0.947. The van der Waals surface area contributed by atoms with Gasteiger partial charge in [-0.2, -0.15) is 4.98 Å². The lowest BCUT2D eigenvalue weighted by Crippen LogP contribution is -2.24. The topological polar surface area (TPSA) is 66.9 Å². The predicted molar refractivity (Wildman–Crippen MR) is 82.9 cm³/mol. The molecule has 0 fully saturated rings. The van der Waals surface area contributed by atoms with Crippen molar-refractivity contribution in [1.29, 1.82) is 0 Å². The first kappa shape index (κ1) is 15.1. The standard InChI is InChI=1S/C14H10Cl2N4O/c1-2-7-17-13(21)9-5-3-4-6-11(9)19-12-10(15)8-18-14(16)20-12/h1,3-6,8H,7H2,(H,17,21)(H,18,19,20). The second-order valence-corrected chi connectivity index (χ2v) is 4.64. The number of carbonyl (C=O) groups is 1. The molecule has 1 heterocycles. The van der Waals surface area contributed by atoms with Crippen molar-refractivity contribution in [2.75, 3.05) is 11.9 Å². The Labute approximate surface area is 131 Å². The highest BCUT2D eigenvalue weighted by molar-refractivity contribution is 6.33. The van der Waals surface area contributed by atoms with E-state index < -0.39 is 0 Å². The lowest BCUT2D eigenvalue weighted by molar-refractivity contribution is 0.0959. The van der Waals surface area contributed by atoms with E-state index in [0.29, 0.717) is 22.1 Å². The summed E-state index contributed by atoms with van der Waals surface area (Å²) >= 11 is 11.7. The number of rotatable bonds is 4. The molecule has 0 radical (unpaired) electrons. The molecular formula is C14H10Cl2N4O. The average molecular weight is 321 g/mol. The number of hydrogen-bond donors (Lipinski definition) is 2. The number of halogens is 2. The van der Waals surface area contributed by atoms with Crippen LogP contribution in [0.15, 0.2) is 30.5 Å². The maximum atomic E-state index is 12.0. The molecule has 0 aliphatic carbocycles. The lowest BCUT2D eigenvalue weighted by Gasteiger charge is -2.11. The molecule has 106 valence electrons. The van der Waals surface area contributed by atoms with Gasteiger partial charge in [-0.25, -0.2) is 4.98 Å². The Morgan fingerprint density at radius 2 is 2.10 bits per heavy atom. The van der Waals surface area contributed by atoms with Gasteiger partial charge in [0.15, 0.2) is 5.82 Å². The van der Waals surface area contributed by atoms with Crippen LogP contribution < -0.4 is 10.6 Å². The van der Waals surface area contributed by atoms with E-state index in [1.165, 1.54) is 6.20 Å². The van der Waals surface area contributed by atoms with Crippen LogP contribution in [-0.2, 0) is 0 Å². The number of hydrogen-bond acceptors (Lipinski definition) is 4. The molecular weight excluding hydrogens is 311 g/mol. The van der Waals surface area contributed by atoms with Crippen LogP contribution in [0.25, 0.3) is 0 Å². The van der Waals surface area contributed by atoms with Crippen LogP contribution in [0.2, 0.25) is 10.3 Å². The van der Waals surface area contributed by atoms with Crippen molar-refractivity contribution < 1.29 is 4.79 Å². The van der Waals surface area contributed by atoms with Crippen LogP contribution in [0.3, 0.4) is 0 Å². The molecule has 0 spiro atoms. The Kier molecular flexibility index (Phi) is 4.99. The van der Waals surface area contributed by atoms with Crippen molar-refractivity contribution in [1.82, 2.24) is 15.3 Å². The van der Waals surface area contributed by atoms with Crippen molar-refractivity contribution in [2.24, 2.45) is 0 Å². The fraction of sp³-hybridized carbons (Fsp3) is 0.0714. The van der Waals surface area contributed by atoms with Gasteiger partial charge in [-0.3, -0.25) is 4.79 Å². The number of benzene rings is 1. The minimum absolute atomic E-state index is 0.0520. The third-order valence-electron chi connectivity index (χ3n) is 2.49. The van der Waals surface area contributed by atoms with Gasteiger partial charge in [-0.15, -0.1) is 6.42 Å². The van der Waals surface area contributed by atoms with E-state index in [2.05, 4.69) is 26.5 Å². The number of amides is 1. The number of aromatic nitrogens is 2. The summed E-state index contributed by atoms with van der Waals surface area (Å²) in [6.45, 7) is 0.146. The van der Waals surface area contributed by atoms with Gasteiger partial charge in [-0.05, 0) is 23.7 Å². The second kappa shape index (κ2) is 6.93. The Morgan fingerprint density at radius 3 is 2.86 bits per heavy atom. The molecule has 2 aromatic rings. The molecule has 2 rings (SSSR count). The van der Waals surface area contributed by atoms with Crippen molar-refractivity contribution in [3.8, 4) is 12.3 Å². The molecule has 0 bridgehead atoms. The van der Waals surface area contributed by atoms with Crippen molar-refractivity contribution >= 4 is 40.6 Å². The lowest BCUT2D eigenvalue weighted by atomic mass is 10.1. The van der Waals surface area contributed by atoms with Crippen molar-refractivity contribution in [3.63, 3.8) is 0 Å². The highest BCUT2D eigenvalue weighted by Gasteiger charge is 2.12. The second-order valence-electron chi connectivity index (χ2n) is 3.89. The summed E-state index contributed by atoms with van der Waals surface area (Å²) in [6.07, 6.45) is 6.50. The Morgan fingerprint density at radius 1 is 1.33 bits per heavy atom. The zero-order chi connectivity index (χ0) is 15.2. The third-order valence-corrected chi connectivity index (χ3v) is 2.95. The van der Waals surface area contributed by atoms with E-state index in [1.54, 1.807) is 24.3 Å². The summed E-state index contributed by atoms with van der Waals surface area (Å²) in [5.74, 6) is 2.36. The summed E-state index contributed by atoms with van der Waals surface area (Å²) in [4.78, 5) is 19.8. The first-order valence-corrected chi connectivity index (χ1v) is 6.63. The molecule has 2 N–H and O–H groups in total. The molecule has 21 heavy (non-hydrogen) atoms. The van der Waals surface area contributed by atoms with E-state index in [-0.39, 0.29) is 17.7 Å². The Hall–Kier alpha value is -2.29. The summed E-state index contributed by atoms with van der Waals surface area (Å²) in [7, 11) is 0. The van der Waals surface area contributed by atoms with Crippen molar-refractivity contribution in [3.05, 3.63) is 46.3 Å². The van der Waals surface area contributed by atoms with Gasteiger partial charge in [0.1, 0.15) is 5.02 Å². The quantitative estimate of drug-likeness (QED) is 0.671. The van der Waals surface area contributed by atoms with Crippen LogP contribution in [0.1, 0.15) is 10.4 Å². The third kappa shape index (κ3) is 3.85. The van der Waals surface area contributed by atoms with Crippen LogP contribution >= 0.6 is 23.2 Å². The number of terminal acetylenes is 1. The van der Waals surface area contributed by atoms with E-state index in [9.17, 15) is 4.79 Å². The van der Waals surface area contributed by atoms with Crippen molar-refractivity contribution in [2.45, 2.75) is 0 Å². The highest BCUT2D eigenvalue weighted by atomic mass is 35.5. The molecule has 0 atom stereocenters. The van der Waals surface area contributed by atoms with Gasteiger partial charge in [0.25, 0.3) is 5.91 Å². The van der Waals surface area contributed by atoms with Gasteiger partial charge < -0.3 is 10.6 Å². The number of nitrogens with one attached hydrogen (secondary N) is 2. The molecule has 1 aromatic carbocycles. The normalized spacial score (nSPS) is 9.76. The largest absolute Gasteiger partial charge is 0.341 e. The molecule has 0 aliphatic rings. The minimum atomic E-state index is -0.299. The van der Waals surface area contributed by atoms with Gasteiger partial charge in [0, 0.05) is 0 Å². The average Bonchev–Trinajstić information content (AvgIpc) is 2.49. The zero-order valence-electron chi connectivity index (χ0n) is 10.7. The number of para-hydroxylation sites is 1. The number of nitrogens with zero attached hydrogens (tertiary/aromatic N) is 2. The summed E-state index contributed by atoms with van der Waals surface area (Å²) in [5, 5.41) is 5.89. The first-order chi connectivity index (χ1) is 10.1. The Bertz CT molecular complexity index is 712. The molecule has 0 aliphatic heterocycles. The molecule has 7 heteroatoms. The van der Waals surface area contributed by atoms with Gasteiger partial charge in [0.2, 0.25) is 5.28 Å². The summed E-state index contributed by atoms with van der Waals surface area (Å²) < 4.78 is 0. The fourth-order valence-electron chi connectivity index (χ4n) is 1.58. The maximum Gasteiger partial charge on any atom is 0.254 e. The monoisotopic (exact) mass is 320 g/mol. The minimum Gasteiger partial charge on any atom is -0.341 e. The molecule has 0 saturated carbocycles. The van der Waals surface area contributed by atoms with E-state index in [1.807, 2.05) is 0 Å². The molecule has 1 amide bonds. The SMILES string of the molecule is C#CCNC(=O)c1ccccc1Nc1nc(Cl)ncc1Cl. The van der Waals surface area contributed by atoms with Gasteiger partial charge in [0.05, 0.1) is 24.0 Å². The number of carbonyl (C=O) groups excluding carboxylic acids is 1. The fourth-order valence-corrected chi connectivity index (χ4v) is 1.85. The maximum absolute atomic E-state index is 12.0. The molecule has 0 unspecified atom stereocenters. The van der Waals surface area contributed by atoms with E-state index in [4.69, 9.17) is 29.6 Å². The number of anilines is 2. The van der Waals surface area contributed by atoms with Crippen LogP contribution in [-0.4, -0.2) is 22.4 Å². The Balaban J connectivity index is 2.30. The van der Waals surface area contributed by atoms with E-state index in [0.717, 1.165) is 0 Å². The zero-order valence-corrected chi connectivity index (χ0v) is 12.2. The van der Waals surface area contributed by atoms with Crippen LogP contribution in [0, 0.1) is 12.3 Å². The smallest absolute Gasteiger partial charge is 0.254 e. The molecule has 5 nitrogen and oxygen atoms in total. The molecule has 0 saturated heterocycles. The summed E-state index contributed by atoms with van der Waals surface area (Å²) in [6, 6.07) is 6.89. The van der Waals surface area contributed by atoms with E-state index >= 15 is 0 Å². The molecule has 1 aromatic heterocycles. The first-order valence-electron chi connectivity index (χ1n) is 5.87. The van der Waals surface area contributed by atoms with Gasteiger partial charge >= 0.3 is 0 Å². The van der Waals surface area contributed by atoms with Crippen LogP contribution in [0.5, 0.6) is 0 Å².